The van der Waals surface area contributed by atoms with Crippen molar-refractivity contribution in [3.63, 3.8) is 0 Å². The molecular weight excluding hydrogens is 293 g/mol. The van der Waals surface area contributed by atoms with Crippen LogP contribution in [0.15, 0.2) is 30.3 Å². The van der Waals surface area contributed by atoms with Crippen molar-refractivity contribution in [3.05, 3.63) is 30.3 Å². The minimum absolute atomic E-state index is 0.288. The summed E-state index contributed by atoms with van der Waals surface area (Å²) in [7, 11) is -4.04. The molecular formula is C14H26NO5P. The topological polar surface area (TPSA) is 77.0 Å². The Morgan fingerprint density at radius 3 is 2.14 bits per heavy atom. The van der Waals surface area contributed by atoms with Crippen LogP contribution < -0.4 is 10.0 Å². The van der Waals surface area contributed by atoms with E-state index >= 15 is 0 Å². The first-order valence-corrected chi connectivity index (χ1v) is 8.61. The maximum Gasteiger partial charge on any atom is 0.544 e. The molecule has 1 atom stereocenters. The van der Waals surface area contributed by atoms with E-state index in [1.54, 1.807) is 37.3 Å². The Bertz CT molecular complexity index is 384. The van der Waals surface area contributed by atoms with Gasteiger partial charge < -0.3 is 9.26 Å². The van der Waals surface area contributed by atoms with Gasteiger partial charge in [-0.1, -0.05) is 39.0 Å². The minimum atomic E-state index is -4.04. The lowest BCUT2D eigenvalue weighted by molar-refractivity contribution is 0.133. The molecule has 0 aliphatic rings. The zero-order valence-electron chi connectivity index (χ0n) is 12.9. The molecule has 0 saturated heterocycles. The van der Waals surface area contributed by atoms with Crippen LogP contribution in [0.4, 0.5) is 0 Å². The fourth-order valence-corrected chi connectivity index (χ4v) is 1.89. The number of hydrogen-bond acceptors (Lipinski definition) is 5. The van der Waals surface area contributed by atoms with E-state index in [1.165, 1.54) is 0 Å². The van der Waals surface area contributed by atoms with Crippen molar-refractivity contribution in [3.8, 4) is 5.75 Å². The van der Waals surface area contributed by atoms with E-state index < -0.39 is 7.82 Å². The molecule has 0 heterocycles. The fourth-order valence-electron chi connectivity index (χ4n) is 1.17. The molecule has 0 aliphatic carbocycles. The van der Waals surface area contributed by atoms with Crippen LogP contribution >= 0.6 is 7.82 Å². The van der Waals surface area contributed by atoms with Gasteiger partial charge in [-0.2, -0.15) is 10.1 Å². The highest BCUT2D eigenvalue weighted by molar-refractivity contribution is 7.47. The smallest absolute Gasteiger partial charge is 0.403 e. The average molecular weight is 319 g/mol. The van der Waals surface area contributed by atoms with Gasteiger partial charge in [-0.15, -0.1) is 0 Å². The number of benzene rings is 1. The number of nitrogens with one attached hydrogen (secondary N) is 1. The number of rotatable bonds is 9. The zero-order chi connectivity index (χ0) is 16.0. The lowest BCUT2D eigenvalue weighted by Crippen LogP contribution is -2.13. The van der Waals surface area contributed by atoms with Gasteiger partial charge in [0.05, 0.1) is 0 Å². The van der Waals surface area contributed by atoms with Crippen molar-refractivity contribution in [1.29, 1.82) is 0 Å². The summed E-state index contributed by atoms with van der Waals surface area (Å²) in [5, 5.41) is 0. The Hall–Kier alpha value is -0.910. The zero-order valence-corrected chi connectivity index (χ0v) is 13.8. The summed E-state index contributed by atoms with van der Waals surface area (Å²) in [5.74, 6) is 0.288. The Balaban J connectivity index is 0.000000486. The van der Waals surface area contributed by atoms with E-state index in [9.17, 15) is 4.57 Å². The largest absolute Gasteiger partial charge is 0.544 e. The van der Waals surface area contributed by atoms with Crippen molar-refractivity contribution in [2.45, 2.75) is 33.6 Å². The molecule has 7 heteroatoms. The molecule has 2 N–H and O–H groups in total. The average Bonchev–Trinajstić information content (AvgIpc) is 2.47. The van der Waals surface area contributed by atoms with Crippen LogP contribution in [0, 0.1) is 0 Å². The number of hydrogen-bond donors (Lipinski definition) is 2. The second-order valence-corrected chi connectivity index (χ2v) is 5.38. The molecule has 1 unspecified atom stereocenters. The van der Waals surface area contributed by atoms with Gasteiger partial charge in [0, 0.05) is 19.8 Å². The van der Waals surface area contributed by atoms with Crippen LogP contribution in [0.5, 0.6) is 5.75 Å². The van der Waals surface area contributed by atoms with E-state index in [4.69, 9.17) is 14.2 Å². The molecule has 1 aromatic carbocycles. The lowest BCUT2D eigenvalue weighted by atomic mass is 10.3. The quantitative estimate of drug-likeness (QED) is 0.412. The van der Waals surface area contributed by atoms with Crippen molar-refractivity contribution in [1.82, 2.24) is 5.48 Å². The molecule has 0 fully saturated rings. The van der Waals surface area contributed by atoms with E-state index in [2.05, 4.69) is 24.0 Å². The molecule has 122 valence electrons. The van der Waals surface area contributed by atoms with E-state index in [-0.39, 0.29) is 5.75 Å². The SMILES string of the molecule is CCCOCCC.CCNOP(=O)(O)Oc1ccccc1. The van der Waals surface area contributed by atoms with Crippen LogP contribution in [0.25, 0.3) is 0 Å². The number of phosphoric acid groups is 1. The number of hydroxylamine groups is 1. The fraction of sp³-hybridized carbons (Fsp3) is 0.571. The van der Waals surface area contributed by atoms with Gasteiger partial charge in [-0.05, 0) is 25.0 Å². The summed E-state index contributed by atoms with van der Waals surface area (Å²) in [5.41, 5.74) is 2.27. The predicted octanol–water partition coefficient (Wildman–Crippen LogP) is 3.53. The Kier molecular flexibility index (Phi) is 12.2. The summed E-state index contributed by atoms with van der Waals surface area (Å²) < 4.78 is 25.5. The van der Waals surface area contributed by atoms with E-state index in [1.807, 2.05) is 0 Å². The van der Waals surface area contributed by atoms with Crippen LogP contribution in [0.2, 0.25) is 0 Å². The van der Waals surface area contributed by atoms with Crippen LogP contribution in [-0.2, 0) is 13.9 Å². The first-order valence-electron chi connectivity index (χ1n) is 7.12. The first-order chi connectivity index (χ1) is 10.1. The molecule has 0 amide bonds. The van der Waals surface area contributed by atoms with E-state index in [0.29, 0.717) is 6.54 Å². The van der Waals surface area contributed by atoms with Gasteiger partial charge in [0.15, 0.2) is 0 Å². The molecule has 6 nitrogen and oxygen atoms in total. The standard InChI is InChI=1S/C8H12NO4P.C6H14O/c1-2-9-13-14(10,11)12-8-6-4-3-5-7-8;1-3-5-7-6-4-2/h3-7,9H,2H2,1H3,(H,10,11);3-6H2,1-2H3. The number of phosphoric ester groups is 1. The van der Waals surface area contributed by atoms with Gasteiger partial charge in [-0.25, -0.2) is 4.57 Å². The third-order valence-corrected chi connectivity index (χ3v) is 2.79. The second-order valence-electron chi connectivity index (χ2n) is 4.07. The second kappa shape index (κ2) is 12.8. The summed E-state index contributed by atoms with van der Waals surface area (Å²) in [6, 6.07) is 8.31. The van der Waals surface area contributed by atoms with Crippen molar-refractivity contribution in [2.75, 3.05) is 19.8 Å². The van der Waals surface area contributed by atoms with Crippen molar-refractivity contribution < 1.29 is 23.3 Å². The number of para-hydroxylation sites is 1. The van der Waals surface area contributed by atoms with Gasteiger partial charge in [-0.3, -0.25) is 4.89 Å². The van der Waals surface area contributed by atoms with Crippen LogP contribution in [-0.4, -0.2) is 24.7 Å². The van der Waals surface area contributed by atoms with Gasteiger partial charge in [0.2, 0.25) is 0 Å². The number of ether oxygens (including phenoxy) is 1. The Morgan fingerprint density at radius 2 is 1.67 bits per heavy atom. The summed E-state index contributed by atoms with van der Waals surface area (Å²) in [6.07, 6.45) is 2.28. The van der Waals surface area contributed by atoms with Gasteiger partial charge >= 0.3 is 7.82 Å². The molecule has 0 saturated carbocycles. The highest BCUT2D eigenvalue weighted by Crippen LogP contribution is 2.42. The Morgan fingerprint density at radius 1 is 1.10 bits per heavy atom. The molecule has 0 radical (unpaired) electrons. The maximum atomic E-state index is 11.2. The van der Waals surface area contributed by atoms with Gasteiger partial charge in [0.1, 0.15) is 5.75 Å². The van der Waals surface area contributed by atoms with E-state index in [0.717, 1.165) is 26.1 Å². The molecule has 21 heavy (non-hydrogen) atoms. The third-order valence-electron chi connectivity index (χ3n) is 1.99. The summed E-state index contributed by atoms with van der Waals surface area (Å²) in [4.78, 5) is 9.15. The predicted molar refractivity (Wildman–Crippen MR) is 83.1 cm³/mol. The molecule has 0 bridgehead atoms. The summed E-state index contributed by atoms with van der Waals surface area (Å²) in [6.45, 7) is 8.25. The molecule has 0 spiro atoms. The normalized spacial score (nSPS) is 13.0. The molecule has 1 rings (SSSR count). The highest BCUT2D eigenvalue weighted by Gasteiger charge is 2.22. The monoisotopic (exact) mass is 319 g/mol. The molecule has 1 aromatic rings. The van der Waals surface area contributed by atoms with Crippen LogP contribution in [0.3, 0.4) is 0 Å². The van der Waals surface area contributed by atoms with Crippen molar-refractivity contribution >= 4 is 7.82 Å². The minimum Gasteiger partial charge on any atom is -0.403 e. The van der Waals surface area contributed by atoms with Crippen LogP contribution in [0.1, 0.15) is 33.6 Å². The van der Waals surface area contributed by atoms with Gasteiger partial charge in [0.25, 0.3) is 0 Å². The Labute approximate surface area is 127 Å². The third kappa shape index (κ3) is 12.5. The lowest BCUT2D eigenvalue weighted by Gasteiger charge is -2.11. The first kappa shape index (κ1) is 20.1. The van der Waals surface area contributed by atoms with Crippen molar-refractivity contribution in [2.24, 2.45) is 0 Å². The highest BCUT2D eigenvalue weighted by atomic mass is 31.2. The maximum absolute atomic E-state index is 11.2. The summed E-state index contributed by atoms with van der Waals surface area (Å²) >= 11 is 0. The molecule has 0 aliphatic heterocycles. The molecule has 0 aromatic heterocycles.